The minimum absolute atomic E-state index is 0.965. The Morgan fingerprint density at radius 3 is 0.939 bits per heavy atom. The molecule has 33 heavy (non-hydrogen) atoms. The van der Waals surface area contributed by atoms with Crippen LogP contribution < -0.4 is 0 Å². The van der Waals surface area contributed by atoms with E-state index in [2.05, 4.69) is 94.1 Å². The highest BCUT2D eigenvalue weighted by atomic mass is 32.2. The van der Waals surface area contributed by atoms with Crippen LogP contribution in [-0.2, 0) is 0 Å². The van der Waals surface area contributed by atoms with Crippen LogP contribution in [0.1, 0.15) is 44.9 Å². The molecule has 8 heteroatoms. The summed E-state index contributed by atoms with van der Waals surface area (Å²) in [6, 6.07) is 0. The summed E-state index contributed by atoms with van der Waals surface area (Å²) in [6.07, 6.45) is 10.8. The molecule has 6 aliphatic rings. The second kappa shape index (κ2) is 12.8. The maximum Gasteiger partial charge on any atom is 0.0229 e. The van der Waals surface area contributed by atoms with E-state index in [1.807, 2.05) is 0 Å². The fourth-order valence-electron chi connectivity index (χ4n) is 5.68. The maximum absolute atomic E-state index is 2.37. The van der Waals surface area contributed by atoms with Crippen molar-refractivity contribution in [2.75, 3.05) is 46.0 Å². The van der Waals surface area contributed by atoms with E-state index in [9.17, 15) is 0 Å². The summed E-state index contributed by atoms with van der Waals surface area (Å²) in [7, 11) is 0. The number of hydrogen-bond donors (Lipinski definition) is 0. The Balaban J connectivity index is 1.03. The molecule has 0 aromatic carbocycles. The molecular formula is C25H40S8. The van der Waals surface area contributed by atoms with Gasteiger partial charge in [0.15, 0.2) is 0 Å². The van der Waals surface area contributed by atoms with Gasteiger partial charge >= 0.3 is 0 Å². The van der Waals surface area contributed by atoms with E-state index in [0.29, 0.717) is 0 Å². The van der Waals surface area contributed by atoms with Crippen molar-refractivity contribution in [3.05, 3.63) is 0 Å². The molecule has 4 saturated heterocycles. The minimum atomic E-state index is 0.965. The van der Waals surface area contributed by atoms with Crippen molar-refractivity contribution < 1.29 is 0 Å². The van der Waals surface area contributed by atoms with E-state index in [1.165, 1.54) is 58.9 Å². The van der Waals surface area contributed by atoms with Gasteiger partial charge in [0.2, 0.25) is 0 Å². The van der Waals surface area contributed by atoms with Crippen molar-refractivity contribution >= 4 is 94.1 Å². The molecule has 0 radical (unpaired) electrons. The number of hydrogen-bond acceptors (Lipinski definition) is 8. The van der Waals surface area contributed by atoms with Crippen LogP contribution in [0.2, 0.25) is 0 Å². The Morgan fingerprint density at radius 2 is 0.697 bits per heavy atom. The first-order valence-corrected chi connectivity index (χ1v) is 21.6. The van der Waals surface area contributed by atoms with Gasteiger partial charge in [-0.1, -0.05) is 0 Å². The monoisotopic (exact) mass is 596 g/mol. The van der Waals surface area contributed by atoms with Crippen LogP contribution in [0, 0.1) is 11.8 Å². The summed E-state index contributed by atoms with van der Waals surface area (Å²) >= 11 is 18.3. The average molecular weight is 597 g/mol. The number of rotatable bonds is 14. The first-order valence-electron chi connectivity index (χ1n) is 13.2. The standard InChI is InChI=1S/C25H40S8/c1(16-2-18(26-8-22-12-30-22)6-19(3-16)27-9-23-13-31-23)17-4-20(28-10-24-14-32-24)7-21(5-17)29-11-25-15-33-25/h16-25H,1-15H2/t16?,17?,18?,19?,20?,21?,22-,23?,24?,25?/m1/s1. The highest BCUT2D eigenvalue weighted by Gasteiger charge is 2.37. The molecule has 8 unspecified atom stereocenters. The van der Waals surface area contributed by atoms with Gasteiger partial charge in [-0.3, -0.25) is 0 Å². The molecule has 188 valence electrons. The van der Waals surface area contributed by atoms with Crippen molar-refractivity contribution in [3.8, 4) is 0 Å². The van der Waals surface area contributed by atoms with Crippen LogP contribution in [0.4, 0.5) is 0 Å². The van der Waals surface area contributed by atoms with Crippen LogP contribution in [0.3, 0.4) is 0 Å². The largest absolute Gasteiger partial charge is 0.157 e. The lowest BCUT2D eigenvalue weighted by Gasteiger charge is -2.40. The topological polar surface area (TPSA) is 0 Å². The predicted molar refractivity (Wildman–Crippen MR) is 169 cm³/mol. The van der Waals surface area contributed by atoms with Crippen molar-refractivity contribution in [2.24, 2.45) is 11.8 Å². The van der Waals surface area contributed by atoms with Gasteiger partial charge in [0.25, 0.3) is 0 Å². The van der Waals surface area contributed by atoms with E-state index >= 15 is 0 Å². The molecule has 0 aromatic heterocycles. The molecule has 6 fully saturated rings. The third-order valence-corrected chi connectivity index (χ3v) is 18.3. The minimum Gasteiger partial charge on any atom is -0.157 e. The molecular weight excluding hydrogens is 557 g/mol. The first kappa shape index (κ1) is 26.0. The molecule has 4 heterocycles. The summed E-state index contributed by atoms with van der Waals surface area (Å²) in [5.74, 6) is 13.6. The van der Waals surface area contributed by atoms with E-state index in [0.717, 1.165) is 53.8 Å². The fourth-order valence-corrected chi connectivity index (χ4v) is 15.5. The molecule has 0 nitrogen and oxygen atoms in total. The van der Waals surface area contributed by atoms with Crippen molar-refractivity contribution in [1.29, 1.82) is 0 Å². The summed E-state index contributed by atoms with van der Waals surface area (Å²) in [5.41, 5.74) is 0. The molecule has 2 saturated carbocycles. The SMILES string of the molecule is C(C1CC(SCC2CS2)CC(SCC2CS2)C1)C1CC(SCC2CS2)CC(SC[C@@H]2CS2)C1. The Labute approximate surface area is 236 Å². The molecule has 0 bridgehead atoms. The zero-order chi connectivity index (χ0) is 22.0. The lowest BCUT2D eigenvalue weighted by Crippen LogP contribution is -2.32. The molecule has 9 atom stereocenters. The second-order valence-electron chi connectivity index (χ2n) is 11.0. The van der Waals surface area contributed by atoms with Gasteiger partial charge in [-0.05, 0) is 56.8 Å². The van der Waals surface area contributed by atoms with Gasteiger partial charge in [0.1, 0.15) is 0 Å². The zero-order valence-electron chi connectivity index (χ0n) is 19.6. The molecule has 6 rings (SSSR count). The molecule has 0 N–H and O–H groups in total. The van der Waals surface area contributed by atoms with Crippen LogP contribution in [0.5, 0.6) is 0 Å². The Morgan fingerprint density at radius 1 is 0.424 bits per heavy atom. The predicted octanol–water partition coefficient (Wildman–Crippen LogP) is 7.85. The molecule has 0 amide bonds. The zero-order valence-corrected chi connectivity index (χ0v) is 26.2. The summed E-state index contributed by atoms with van der Waals surface area (Å²) < 4.78 is 0. The number of thioether (sulfide) groups is 8. The van der Waals surface area contributed by atoms with Gasteiger partial charge in [0.05, 0.1) is 0 Å². The first-order chi connectivity index (χ1) is 16.2. The summed E-state index contributed by atoms with van der Waals surface area (Å²) in [5, 5.41) is 7.89. The second-order valence-corrected chi connectivity index (χ2v) is 21.7. The normalized spacial score (nSPS) is 46.2. The van der Waals surface area contributed by atoms with Crippen molar-refractivity contribution in [3.63, 3.8) is 0 Å². The Kier molecular flexibility index (Phi) is 10.1. The maximum atomic E-state index is 2.37. The van der Waals surface area contributed by atoms with Gasteiger partial charge in [-0.25, -0.2) is 0 Å². The van der Waals surface area contributed by atoms with Crippen LogP contribution >= 0.6 is 94.1 Å². The smallest absolute Gasteiger partial charge is 0.0229 e. The van der Waals surface area contributed by atoms with Crippen molar-refractivity contribution in [2.45, 2.75) is 86.9 Å². The highest BCUT2D eigenvalue weighted by Crippen LogP contribution is 2.48. The van der Waals surface area contributed by atoms with E-state index in [4.69, 9.17) is 0 Å². The van der Waals surface area contributed by atoms with E-state index in [1.54, 1.807) is 32.1 Å². The van der Waals surface area contributed by atoms with Crippen LogP contribution in [0.15, 0.2) is 0 Å². The van der Waals surface area contributed by atoms with Crippen molar-refractivity contribution in [1.82, 2.24) is 0 Å². The molecule has 2 aliphatic carbocycles. The Hall–Kier alpha value is 2.80. The van der Waals surface area contributed by atoms with E-state index < -0.39 is 0 Å². The third-order valence-electron chi connectivity index (χ3n) is 7.78. The highest BCUT2D eigenvalue weighted by molar-refractivity contribution is 8.10. The summed E-state index contributed by atoms with van der Waals surface area (Å²) in [6.45, 7) is 0. The van der Waals surface area contributed by atoms with Crippen LogP contribution in [0.25, 0.3) is 0 Å². The Bertz CT molecular complexity index is 518. The van der Waals surface area contributed by atoms with Gasteiger partial charge in [0, 0.05) is 88.0 Å². The quantitative estimate of drug-likeness (QED) is 0.184. The van der Waals surface area contributed by atoms with E-state index in [-0.39, 0.29) is 0 Å². The lowest BCUT2D eigenvalue weighted by atomic mass is 9.77. The van der Waals surface area contributed by atoms with Gasteiger partial charge in [-0.2, -0.15) is 94.1 Å². The third kappa shape index (κ3) is 9.49. The average Bonchev–Trinajstić information content (AvgIpc) is 3.62. The molecule has 0 spiro atoms. The van der Waals surface area contributed by atoms with Gasteiger partial charge < -0.3 is 0 Å². The van der Waals surface area contributed by atoms with Gasteiger partial charge in [-0.15, -0.1) is 0 Å². The summed E-state index contributed by atoms with van der Waals surface area (Å²) in [4.78, 5) is 0. The fraction of sp³-hybridized carbons (Fsp3) is 1.00. The lowest BCUT2D eigenvalue weighted by molar-refractivity contribution is 0.257. The van der Waals surface area contributed by atoms with Crippen LogP contribution in [-0.4, -0.2) is 88.0 Å². The molecule has 4 aliphatic heterocycles. The molecule has 0 aromatic rings.